The third-order valence-electron chi connectivity index (χ3n) is 19.5. The molecule has 5 heteroatoms. The topological polar surface area (TPSA) is 16.3 Å². The molecule has 0 spiro atoms. The van der Waals surface area contributed by atoms with Crippen LogP contribution in [-0.2, 0) is 12.8 Å². The fourth-order valence-electron chi connectivity index (χ4n) is 15.8. The van der Waals surface area contributed by atoms with E-state index in [0.717, 1.165) is 12.8 Å². The smallest absolute Gasteiger partial charge is 0.112 e. The van der Waals surface area contributed by atoms with Crippen molar-refractivity contribution in [1.82, 2.24) is 9.13 Å². The van der Waals surface area contributed by atoms with Gasteiger partial charge in [-0.25, -0.2) is 0 Å². The van der Waals surface area contributed by atoms with Crippen LogP contribution in [0.4, 0.5) is 22.7 Å². The number of benzene rings is 10. The van der Waals surface area contributed by atoms with Gasteiger partial charge >= 0.3 is 0 Å². The van der Waals surface area contributed by atoms with Gasteiger partial charge < -0.3 is 18.9 Å². The first-order valence-electron chi connectivity index (χ1n) is 29.0. The average molecular weight is 1050 g/mol. The highest BCUT2D eigenvalue weighted by atomic mass is 28.3. The van der Waals surface area contributed by atoms with Crippen molar-refractivity contribution in [3.63, 3.8) is 0 Å². The van der Waals surface area contributed by atoms with Crippen molar-refractivity contribution in [2.24, 2.45) is 0 Å². The number of aromatic nitrogens is 2. The Balaban J connectivity index is 0.721. The molecule has 10 aromatic carbocycles. The third-order valence-corrected chi connectivity index (χ3v) is 23.0. The molecule has 18 rings (SSSR count). The largest absolute Gasteiger partial charge is 0.333 e. The number of rotatable bonds is 6. The maximum atomic E-state index is 2.67. The number of anilines is 4. The highest BCUT2D eigenvalue weighted by Gasteiger charge is 2.48. The van der Waals surface area contributed by atoms with Crippen molar-refractivity contribution < 1.29 is 0 Å². The summed E-state index contributed by atoms with van der Waals surface area (Å²) in [4.78, 5) is 5.34. The minimum atomic E-state index is -2.29. The Morgan fingerprint density at radius 2 is 0.728 bits per heavy atom. The number of nitrogens with zero attached hydrogens (tertiary/aromatic N) is 4. The Morgan fingerprint density at radius 3 is 1.12 bits per heavy atom. The van der Waals surface area contributed by atoms with Gasteiger partial charge in [-0.1, -0.05) is 193 Å². The molecule has 0 saturated heterocycles. The Morgan fingerprint density at radius 1 is 0.358 bits per heavy atom. The van der Waals surface area contributed by atoms with Gasteiger partial charge in [-0.05, 0) is 153 Å². The van der Waals surface area contributed by atoms with E-state index in [1.165, 1.54) is 144 Å². The normalized spacial score (nSPS) is 19.1. The van der Waals surface area contributed by atoms with E-state index in [1.54, 1.807) is 0 Å². The van der Waals surface area contributed by atoms with E-state index in [1.807, 2.05) is 0 Å². The maximum Gasteiger partial charge on any atom is 0.112 e. The predicted molar refractivity (Wildman–Crippen MR) is 341 cm³/mol. The fourth-order valence-corrected chi connectivity index (χ4v) is 18.1. The molecule has 81 heavy (non-hydrogen) atoms. The molecule has 4 atom stereocenters. The molecule has 4 nitrogen and oxygen atoms in total. The molecule has 0 bridgehead atoms. The molecule has 0 N–H and O–H groups in total. The lowest BCUT2D eigenvalue weighted by atomic mass is 9.82. The van der Waals surface area contributed by atoms with Crippen LogP contribution >= 0.6 is 0 Å². The van der Waals surface area contributed by atoms with Crippen LogP contribution < -0.4 is 20.2 Å². The summed E-state index contributed by atoms with van der Waals surface area (Å²) in [5.74, 6) is 0.383. The molecule has 4 unspecified atom stereocenters. The monoisotopic (exact) mass is 1050 g/mol. The summed E-state index contributed by atoms with van der Waals surface area (Å²) >= 11 is 0. The lowest BCUT2D eigenvalue weighted by molar-refractivity contribution is 0.758. The van der Waals surface area contributed by atoms with Gasteiger partial charge in [0.1, 0.15) is 8.07 Å². The molecule has 2 aliphatic heterocycles. The third kappa shape index (κ3) is 6.35. The molecule has 12 aromatic rings. The van der Waals surface area contributed by atoms with E-state index in [9.17, 15) is 0 Å². The zero-order valence-electron chi connectivity index (χ0n) is 45.3. The van der Waals surface area contributed by atoms with E-state index in [2.05, 4.69) is 287 Å². The van der Waals surface area contributed by atoms with Gasteiger partial charge in [0, 0.05) is 67.5 Å². The van der Waals surface area contributed by atoms with Gasteiger partial charge in [0.05, 0.1) is 34.2 Å². The summed E-state index contributed by atoms with van der Waals surface area (Å²) < 4.78 is 4.95. The van der Waals surface area contributed by atoms with E-state index >= 15 is 0 Å². The minimum Gasteiger partial charge on any atom is -0.333 e. The molecular weight excluding hydrogens is 997 g/mol. The SMILES string of the molecule is C[Si](C)(c1ccc2c(c1)C1=C(C=CC3c4cc(-n5c6ccccc6c6ccccc65)ccc4N(c4ccccc4)C13)C2)c1ccc2c(c1)C1=C(C=CC3c4cc(-n5c6ccccc6c6ccccc65)ccc4N(c4ccccc4)C13)C2. The van der Waals surface area contributed by atoms with E-state index in [-0.39, 0.29) is 23.9 Å². The molecule has 384 valence electrons. The first-order valence-corrected chi connectivity index (χ1v) is 32.0. The van der Waals surface area contributed by atoms with E-state index in [0.29, 0.717) is 0 Å². The quantitative estimate of drug-likeness (QED) is 0.154. The highest BCUT2D eigenvalue weighted by Crippen LogP contribution is 2.58. The van der Waals surface area contributed by atoms with Crippen molar-refractivity contribution in [2.75, 3.05) is 9.80 Å². The van der Waals surface area contributed by atoms with Crippen LogP contribution in [0.3, 0.4) is 0 Å². The second kappa shape index (κ2) is 16.8. The number of allylic oxidation sites excluding steroid dienone is 4. The second-order valence-corrected chi connectivity index (χ2v) is 28.3. The number of hydrogen-bond acceptors (Lipinski definition) is 2. The molecule has 4 aliphatic carbocycles. The van der Waals surface area contributed by atoms with Gasteiger partial charge in [0.25, 0.3) is 0 Å². The van der Waals surface area contributed by atoms with Gasteiger partial charge in [-0.3, -0.25) is 0 Å². The van der Waals surface area contributed by atoms with Crippen molar-refractivity contribution in [3.05, 3.63) is 299 Å². The van der Waals surface area contributed by atoms with Crippen LogP contribution in [0, 0.1) is 0 Å². The van der Waals surface area contributed by atoms with Crippen molar-refractivity contribution in [1.29, 1.82) is 0 Å². The molecule has 0 radical (unpaired) electrons. The Hall–Kier alpha value is -9.42. The Labute approximate surface area is 472 Å². The van der Waals surface area contributed by atoms with Crippen LogP contribution in [0.2, 0.25) is 13.1 Å². The predicted octanol–water partition coefficient (Wildman–Crippen LogP) is 17.1. The highest BCUT2D eigenvalue weighted by molar-refractivity contribution is 7.00. The number of hydrogen-bond donors (Lipinski definition) is 0. The molecule has 0 saturated carbocycles. The molecule has 6 aliphatic rings. The van der Waals surface area contributed by atoms with Gasteiger partial charge in [0.2, 0.25) is 0 Å². The summed E-state index contributed by atoms with van der Waals surface area (Å²) in [6.07, 6.45) is 11.9. The lowest BCUT2D eigenvalue weighted by Gasteiger charge is -2.34. The Kier molecular flexibility index (Phi) is 9.43. The second-order valence-electron chi connectivity index (χ2n) is 23.9. The zero-order chi connectivity index (χ0) is 53.2. The molecule has 4 heterocycles. The van der Waals surface area contributed by atoms with Gasteiger partial charge in [0.15, 0.2) is 0 Å². The Bertz CT molecular complexity index is 4420. The van der Waals surface area contributed by atoms with Crippen LogP contribution in [0.5, 0.6) is 0 Å². The average Bonchev–Trinajstić information content (AvgIpc) is 4.55. The molecule has 0 amide bonds. The first-order chi connectivity index (χ1) is 39.9. The van der Waals surface area contributed by atoms with E-state index < -0.39 is 8.07 Å². The number of para-hydroxylation sites is 6. The minimum absolute atomic E-state index is 0.135. The van der Waals surface area contributed by atoms with Gasteiger partial charge in [-0.2, -0.15) is 0 Å². The summed E-state index contributed by atoms with van der Waals surface area (Å²) in [5, 5.41) is 8.13. The molecule has 0 fully saturated rings. The molecular formula is C76H56N4Si. The maximum absolute atomic E-state index is 2.67. The lowest BCUT2D eigenvalue weighted by Crippen LogP contribution is -2.53. The summed E-state index contributed by atoms with van der Waals surface area (Å²) in [6.45, 7) is 5.18. The van der Waals surface area contributed by atoms with Crippen LogP contribution in [-0.4, -0.2) is 29.3 Å². The van der Waals surface area contributed by atoms with Gasteiger partial charge in [-0.15, -0.1) is 0 Å². The molecule has 2 aromatic heterocycles. The van der Waals surface area contributed by atoms with Crippen molar-refractivity contribution in [3.8, 4) is 11.4 Å². The fraction of sp³-hybridized carbons (Fsp3) is 0.105. The summed E-state index contributed by atoms with van der Waals surface area (Å²) in [5.41, 5.74) is 26.9. The van der Waals surface area contributed by atoms with Crippen molar-refractivity contribution >= 4 is 96.0 Å². The first kappa shape index (κ1) is 45.4. The van der Waals surface area contributed by atoms with Crippen LogP contribution in [0.15, 0.2) is 266 Å². The number of fused-ring (bicyclic) bond motifs is 18. The standard InChI is InChI=1S/C76H56N4Si/c1-81(2,55-35-29-47-41-49-31-37-61-65-43-53(77-67-25-13-9-21-57(67)58-22-10-14-26-68(58)77)33-39-71(65)79(51-17-5-3-6-18-51)75(61)73(49)63(47)45-55)56-36-30-48-42-50-32-38-62-66-44-54(78-69-27-15-11-23-59(69)60-24-12-16-28-70(60)78)34-40-72(66)80(52-19-7-4-8-20-52)76(62)74(50)64(48)46-56/h3-40,43-46,61-62,75-76H,41-42H2,1-2H3. The van der Waals surface area contributed by atoms with E-state index in [4.69, 9.17) is 0 Å². The van der Waals surface area contributed by atoms with Crippen molar-refractivity contribution in [2.45, 2.75) is 49.9 Å². The zero-order valence-corrected chi connectivity index (χ0v) is 46.3. The summed E-state index contributed by atoms with van der Waals surface area (Å²) in [6, 6.07) is 87.8. The summed E-state index contributed by atoms with van der Waals surface area (Å²) in [7, 11) is -2.29. The van der Waals surface area contributed by atoms with Crippen LogP contribution in [0.1, 0.15) is 45.2 Å². The van der Waals surface area contributed by atoms with Crippen LogP contribution in [0.25, 0.3) is 66.1 Å².